The van der Waals surface area contributed by atoms with Crippen LogP contribution >= 0.6 is 71.2 Å². The van der Waals surface area contributed by atoms with Gasteiger partial charge in [-0.05, 0) is 47.8 Å². The Hall–Kier alpha value is 1.16. The molecule has 0 N–H and O–H groups in total. The van der Waals surface area contributed by atoms with E-state index in [4.69, 9.17) is 11.6 Å². The number of alkyl halides is 1. The Morgan fingerprint density at radius 2 is 1.67 bits per heavy atom. The lowest BCUT2D eigenvalue weighted by molar-refractivity contribution is 0.993. The smallest absolute Gasteiger partial charge is 0.198 e. The van der Waals surface area contributed by atoms with Crippen LogP contribution < -0.4 is 0 Å². The fourth-order valence-electron chi connectivity index (χ4n) is 0.547. The summed E-state index contributed by atoms with van der Waals surface area (Å²) in [6, 6.07) is 0. The summed E-state index contributed by atoms with van der Waals surface area (Å²) < 4.78 is 2.02. The topological polar surface area (TPSA) is 25.8 Å². The number of hydrogen-bond donors (Lipinski definition) is 0. The molecule has 0 spiro atoms. The third kappa shape index (κ3) is 2.83. The Morgan fingerprint density at radius 1 is 1.17 bits per heavy atom. The van der Waals surface area contributed by atoms with Gasteiger partial charge in [-0.15, -0.1) is 23.4 Å². The van der Waals surface area contributed by atoms with Crippen LogP contribution in [0, 0.1) is 0 Å². The maximum absolute atomic E-state index is 5.57. The first kappa shape index (κ1) is 11.2. The largest absolute Gasteiger partial charge is 0.214 e. The van der Waals surface area contributed by atoms with Crippen molar-refractivity contribution in [1.29, 1.82) is 0 Å². The first-order chi connectivity index (χ1) is 5.65. The molecule has 1 heterocycles. The van der Waals surface area contributed by atoms with Gasteiger partial charge in [0.1, 0.15) is 9.21 Å². The summed E-state index contributed by atoms with van der Waals surface area (Å²) >= 11 is 16.8. The second-order valence-electron chi connectivity index (χ2n) is 1.66. The van der Waals surface area contributed by atoms with Gasteiger partial charge in [-0.2, -0.15) is 0 Å². The number of aromatic nitrogens is 2. The highest BCUT2D eigenvalue weighted by Crippen LogP contribution is 2.33. The average Bonchev–Trinajstić information content (AvgIpc) is 1.96. The van der Waals surface area contributed by atoms with Gasteiger partial charge in [0, 0.05) is 0 Å². The monoisotopic (exact) mass is 394 g/mol. The van der Waals surface area contributed by atoms with Crippen LogP contribution in [0.3, 0.4) is 0 Å². The molecule has 0 aliphatic carbocycles. The van der Waals surface area contributed by atoms with Gasteiger partial charge in [-0.3, -0.25) is 0 Å². The van der Waals surface area contributed by atoms with Crippen LogP contribution in [0.15, 0.2) is 18.8 Å². The standard InChI is InChI=1S/C5H2Br3ClN2S/c6-3-2(12-1-9)4(7)11-5(8)10-3/h1H2. The summed E-state index contributed by atoms with van der Waals surface area (Å²) in [6.45, 7) is 0. The van der Waals surface area contributed by atoms with Crippen molar-refractivity contribution in [2.75, 3.05) is 5.21 Å². The lowest BCUT2D eigenvalue weighted by atomic mass is 10.7. The lowest BCUT2D eigenvalue weighted by Gasteiger charge is -2.02. The van der Waals surface area contributed by atoms with E-state index in [-0.39, 0.29) is 0 Å². The van der Waals surface area contributed by atoms with Crippen LogP contribution in [0.2, 0.25) is 0 Å². The van der Waals surface area contributed by atoms with Gasteiger partial charge >= 0.3 is 0 Å². The predicted octanol–water partition coefficient (Wildman–Crippen LogP) is 4.05. The van der Waals surface area contributed by atoms with E-state index in [0.29, 0.717) is 9.95 Å². The summed E-state index contributed by atoms with van der Waals surface area (Å²) in [5.41, 5.74) is 0. The van der Waals surface area contributed by atoms with E-state index in [9.17, 15) is 0 Å². The Kier molecular flexibility index (Phi) is 4.82. The summed E-state index contributed by atoms with van der Waals surface area (Å²) in [7, 11) is 0. The van der Waals surface area contributed by atoms with E-state index in [2.05, 4.69) is 57.8 Å². The minimum atomic E-state index is 0.474. The highest BCUT2D eigenvalue weighted by Gasteiger charge is 2.09. The molecule has 0 aliphatic heterocycles. The van der Waals surface area contributed by atoms with Crippen molar-refractivity contribution in [3.05, 3.63) is 13.9 Å². The lowest BCUT2D eigenvalue weighted by Crippen LogP contribution is -1.89. The first-order valence-electron chi connectivity index (χ1n) is 2.72. The molecule has 12 heavy (non-hydrogen) atoms. The fraction of sp³-hybridized carbons (Fsp3) is 0.200. The molecular formula is C5H2Br3ClN2S. The van der Waals surface area contributed by atoms with E-state index in [0.717, 1.165) is 14.1 Å². The highest BCUT2D eigenvalue weighted by atomic mass is 79.9. The maximum Gasteiger partial charge on any atom is 0.198 e. The molecule has 0 amide bonds. The molecular weight excluding hydrogens is 395 g/mol. The zero-order valence-corrected chi connectivity index (χ0v) is 11.9. The molecule has 1 rings (SSSR count). The molecule has 0 atom stereocenters. The molecule has 2 nitrogen and oxygen atoms in total. The molecule has 7 heteroatoms. The molecule has 1 aromatic rings. The van der Waals surface area contributed by atoms with Crippen LogP contribution in [0.4, 0.5) is 0 Å². The minimum absolute atomic E-state index is 0.474. The van der Waals surface area contributed by atoms with Crippen molar-refractivity contribution in [3.63, 3.8) is 0 Å². The van der Waals surface area contributed by atoms with Crippen LogP contribution in [-0.4, -0.2) is 15.2 Å². The predicted molar refractivity (Wildman–Crippen MR) is 61.7 cm³/mol. The summed E-state index contributed by atoms with van der Waals surface area (Å²) in [6.07, 6.45) is 0. The molecule has 0 unspecified atom stereocenters. The number of hydrogen-bond acceptors (Lipinski definition) is 3. The van der Waals surface area contributed by atoms with Gasteiger partial charge in [0.05, 0.1) is 10.1 Å². The van der Waals surface area contributed by atoms with Gasteiger partial charge in [-0.25, -0.2) is 9.97 Å². The maximum atomic E-state index is 5.57. The Morgan fingerprint density at radius 3 is 2.08 bits per heavy atom. The molecule has 0 aromatic carbocycles. The van der Waals surface area contributed by atoms with Crippen LogP contribution in [-0.2, 0) is 0 Å². The minimum Gasteiger partial charge on any atom is -0.214 e. The number of halogens is 4. The van der Waals surface area contributed by atoms with Crippen molar-refractivity contribution in [2.45, 2.75) is 4.90 Å². The van der Waals surface area contributed by atoms with E-state index in [1.165, 1.54) is 11.8 Å². The van der Waals surface area contributed by atoms with Crippen LogP contribution in [0.25, 0.3) is 0 Å². The number of thioether (sulfide) groups is 1. The quantitative estimate of drug-likeness (QED) is 0.326. The van der Waals surface area contributed by atoms with E-state index >= 15 is 0 Å². The second-order valence-corrected chi connectivity index (χ2v) is 5.44. The Balaban J connectivity index is 3.10. The molecule has 0 fully saturated rings. The normalized spacial score (nSPS) is 10.3. The number of nitrogens with zero attached hydrogens (tertiary/aromatic N) is 2. The summed E-state index contributed by atoms with van der Waals surface area (Å²) in [5.74, 6) is 0. The zero-order chi connectivity index (χ0) is 9.14. The highest BCUT2D eigenvalue weighted by molar-refractivity contribution is 9.11. The summed E-state index contributed by atoms with van der Waals surface area (Å²) in [5, 5.41) is 0.474. The van der Waals surface area contributed by atoms with Crippen molar-refractivity contribution in [2.24, 2.45) is 0 Å². The Labute approximate surface area is 104 Å². The fourth-order valence-corrected chi connectivity index (χ4v) is 3.81. The van der Waals surface area contributed by atoms with Gasteiger partial charge in [0.25, 0.3) is 0 Å². The third-order valence-electron chi connectivity index (χ3n) is 0.954. The molecule has 0 aliphatic rings. The van der Waals surface area contributed by atoms with Crippen molar-refractivity contribution in [3.8, 4) is 0 Å². The molecule has 0 saturated carbocycles. The van der Waals surface area contributed by atoms with Crippen LogP contribution in [0.1, 0.15) is 0 Å². The molecule has 0 radical (unpaired) electrons. The van der Waals surface area contributed by atoms with Gasteiger partial charge in [0.15, 0.2) is 4.73 Å². The SMILES string of the molecule is ClCSc1c(Br)nc(Br)nc1Br. The van der Waals surface area contributed by atoms with E-state index in [1.54, 1.807) is 0 Å². The zero-order valence-electron chi connectivity index (χ0n) is 5.52. The Bertz CT molecular complexity index is 273. The number of rotatable bonds is 2. The van der Waals surface area contributed by atoms with Gasteiger partial charge in [0.2, 0.25) is 0 Å². The van der Waals surface area contributed by atoms with Crippen molar-refractivity contribution in [1.82, 2.24) is 9.97 Å². The molecule has 0 bridgehead atoms. The second kappa shape index (κ2) is 5.14. The molecule has 1 aromatic heterocycles. The molecule has 0 saturated heterocycles. The van der Waals surface area contributed by atoms with Crippen molar-refractivity contribution >= 4 is 71.2 Å². The average molecular weight is 397 g/mol. The van der Waals surface area contributed by atoms with Crippen LogP contribution in [0.5, 0.6) is 0 Å². The van der Waals surface area contributed by atoms with Gasteiger partial charge < -0.3 is 0 Å². The molecule has 66 valence electrons. The van der Waals surface area contributed by atoms with Gasteiger partial charge in [-0.1, -0.05) is 0 Å². The summed E-state index contributed by atoms with van der Waals surface area (Å²) in [4.78, 5) is 9.04. The van der Waals surface area contributed by atoms with E-state index in [1.807, 2.05) is 0 Å². The van der Waals surface area contributed by atoms with Crippen molar-refractivity contribution < 1.29 is 0 Å². The first-order valence-corrected chi connectivity index (χ1v) is 6.62. The van der Waals surface area contributed by atoms with E-state index < -0.39 is 0 Å². The third-order valence-corrected chi connectivity index (χ3v) is 4.09.